The second kappa shape index (κ2) is 4.34. The number of nitrogens with zero attached hydrogens (tertiary/aromatic N) is 3. The first-order chi connectivity index (χ1) is 8.81. The summed E-state index contributed by atoms with van der Waals surface area (Å²) in [6.45, 7) is 2.06. The molecule has 0 saturated carbocycles. The molecule has 0 aliphatic heterocycles. The van der Waals surface area contributed by atoms with E-state index in [1.54, 1.807) is 6.20 Å². The van der Waals surface area contributed by atoms with Gasteiger partial charge in [0.2, 0.25) is 0 Å². The minimum absolute atomic E-state index is 0.614. The van der Waals surface area contributed by atoms with Gasteiger partial charge in [-0.3, -0.25) is 14.6 Å². The first kappa shape index (κ1) is 11.1. The molecule has 2 aromatic heterocycles. The van der Waals surface area contributed by atoms with Gasteiger partial charge in [0, 0.05) is 24.2 Å². The predicted molar refractivity (Wildman–Crippen MR) is 73.4 cm³/mol. The number of H-pyrrole nitrogens is 1. The average Bonchev–Trinajstić information content (AvgIpc) is 2.79. The van der Waals surface area contributed by atoms with Crippen molar-refractivity contribution in [2.75, 3.05) is 0 Å². The number of pyridine rings is 1. The lowest BCUT2D eigenvalue weighted by molar-refractivity contribution is 0.884. The van der Waals surface area contributed by atoms with E-state index in [0.29, 0.717) is 4.77 Å². The number of benzene rings is 1. The highest BCUT2D eigenvalue weighted by Gasteiger charge is 2.09. The van der Waals surface area contributed by atoms with Crippen molar-refractivity contribution in [3.63, 3.8) is 0 Å². The van der Waals surface area contributed by atoms with Crippen LogP contribution in [0.3, 0.4) is 0 Å². The van der Waals surface area contributed by atoms with Crippen LogP contribution in [0.2, 0.25) is 0 Å². The SMILES string of the molecule is CCc1n[nH]c(=S)n1-c1cccc2ccncc12. The Kier molecular flexibility index (Phi) is 2.68. The minimum atomic E-state index is 0.614. The molecule has 0 aliphatic carbocycles. The second-order valence-corrected chi connectivity index (χ2v) is 4.39. The van der Waals surface area contributed by atoms with E-state index in [9.17, 15) is 0 Å². The second-order valence-electron chi connectivity index (χ2n) is 4.01. The van der Waals surface area contributed by atoms with Crippen LogP contribution in [0.15, 0.2) is 36.7 Å². The van der Waals surface area contributed by atoms with Gasteiger partial charge in [0.1, 0.15) is 5.82 Å². The van der Waals surface area contributed by atoms with Crippen LogP contribution in [0, 0.1) is 4.77 Å². The number of hydrogen-bond acceptors (Lipinski definition) is 3. The van der Waals surface area contributed by atoms with Crippen molar-refractivity contribution >= 4 is 23.0 Å². The lowest BCUT2D eigenvalue weighted by Crippen LogP contribution is -2.01. The molecule has 0 saturated heterocycles. The van der Waals surface area contributed by atoms with E-state index >= 15 is 0 Å². The number of fused-ring (bicyclic) bond motifs is 1. The van der Waals surface area contributed by atoms with Crippen LogP contribution in [0.1, 0.15) is 12.7 Å². The Hall–Kier alpha value is -2.01. The standard InChI is InChI=1S/C13H12N4S/c1-2-12-15-16-13(18)17(12)11-5-3-4-9-6-7-14-8-10(9)11/h3-8H,2H2,1H3,(H,16,18). The van der Waals surface area contributed by atoms with Crippen LogP contribution < -0.4 is 0 Å². The quantitative estimate of drug-likeness (QED) is 0.717. The normalized spacial score (nSPS) is 10.9. The van der Waals surface area contributed by atoms with Gasteiger partial charge in [0.05, 0.1) is 5.69 Å². The van der Waals surface area contributed by atoms with Gasteiger partial charge >= 0.3 is 0 Å². The Morgan fingerprint density at radius 3 is 3.06 bits per heavy atom. The summed E-state index contributed by atoms with van der Waals surface area (Å²) in [5.41, 5.74) is 1.02. The molecule has 3 aromatic rings. The zero-order chi connectivity index (χ0) is 12.5. The fourth-order valence-corrected chi connectivity index (χ4v) is 2.36. The Bertz CT molecular complexity index is 752. The van der Waals surface area contributed by atoms with Crippen molar-refractivity contribution in [2.24, 2.45) is 0 Å². The maximum Gasteiger partial charge on any atom is 0.199 e. The molecule has 0 atom stereocenters. The molecule has 0 fully saturated rings. The third-order valence-corrected chi connectivity index (χ3v) is 3.23. The van der Waals surface area contributed by atoms with Gasteiger partial charge in [0.25, 0.3) is 0 Å². The molecule has 2 heterocycles. The van der Waals surface area contributed by atoms with Crippen LogP contribution in [0.4, 0.5) is 0 Å². The molecule has 0 radical (unpaired) electrons. The smallest absolute Gasteiger partial charge is 0.199 e. The molecule has 1 N–H and O–H groups in total. The van der Waals surface area contributed by atoms with Crippen molar-refractivity contribution in [1.29, 1.82) is 0 Å². The first-order valence-corrected chi connectivity index (χ1v) is 6.21. The molecule has 90 valence electrons. The van der Waals surface area contributed by atoms with Crippen LogP contribution in [0.5, 0.6) is 0 Å². The maximum atomic E-state index is 5.31. The molecule has 0 amide bonds. The summed E-state index contributed by atoms with van der Waals surface area (Å²) in [6.07, 6.45) is 4.48. The van der Waals surface area contributed by atoms with Gasteiger partial charge in [-0.1, -0.05) is 19.1 Å². The maximum absolute atomic E-state index is 5.31. The summed E-state index contributed by atoms with van der Waals surface area (Å²) in [7, 11) is 0. The van der Waals surface area contributed by atoms with Crippen LogP contribution in [0.25, 0.3) is 16.5 Å². The summed E-state index contributed by atoms with van der Waals surface area (Å²) >= 11 is 5.31. The number of rotatable bonds is 2. The van der Waals surface area contributed by atoms with Crippen molar-refractivity contribution in [3.8, 4) is 5.69 Å². The highest BCUT2D eigenvalue weighted by Crippen LogP contribution is 2.22. The fourth-order valence-electron chi connectivity index (χ4n) is 2.11. The number of hydrogen-bond donors (Lipinski definition) is 1. The molecule has 4 nitrogen and oxygen atoms in total. The lowest BCUT2D eigenvalue weighted by atomic mass is 10.1. The summed E-state index contributed by atoms with van der Waals surface area (Å²) < 4.78 is 2.59. The topological polar surface area (TPSA) is 46.5 Å². The highest BCUT2D eigenvalue weighted by molar-refractivity contribution is 7.71. The molecule has 5 heteroatoms. The van der Waals surface area contributed by atoms with Gasteiger partial charge < -0.3 is 0 Å². The number of aromatic nitrogens is 4. The monoisotopic (exact) mass is 256 g/mol. The van der Waals surface area contributed by atoms with Crippen molar-refractivity contribution in [1.82, 2.24) is 19.7 Å². The van der Waals surface area contributed by atoms with E-state index in [-0.39, 0.29) is 0 Å². The van der Waals surface area contributed by atoms with E-state index in [1.165, 1.54) is 0 Å². The molecular formula is C13H12N4S. The Morgan fingerprint density at radius 1 is 1.33 bits per heavy atom. The predicted octanol–water partition coefficient (Wildman–Crippen LogP) is 3.04. The molecule has 0 spiro atoms. The molecule has 18 heavy (non-hydrogen) atoms. The van der Waals surface area contributed by atoms with E-state index in [4.69, 9.17) is 12.2 Å². The van der Waals surface area contributed by atoms with Crippen LogP contribution in [-0.2, 0) is 6.42 Å². The largest absolute Gasteiger partial charge is 0.271 e. The Balaban J connectivity index is 2.38. The Morgan fingerprint density at radius 2 is 2.22 bits per heavy atom. The summed E-state index contributed by atoms with van der Waals surface area (Å²) in [4.78, 5) is 4.19. The molecule has 1 aromatic carbocycles. The zero-order valence-electron chi connectivity index (χ0n) is 9.92. The number of aryl methyl sites for hydroxylation is 1. The van der Waals surface area contributed by atoms with Crippen molar-refractivity contribution in [3.05, 3.63) is 47.3 Å². The fraction of sp³-hybridized carbons (Fsp3) is 0.154. The van der Waals surface area contributed by atoms with E-state index in [1.807, 2.05) is 29.0 Å². The number of aromatic amines is 1. The van der Waals surface area contributed by atoms with E-state index in [0.717, 1.165) is 28.7 Å². The first-order valence-electron chi connectivity index (χ1n) is 5.80. The van der Waals surface area contributed by atoms with Crippen LogP contribution >= 0.6 is 12.2 Å². The van der Waals surface area contributed by atoms with Gasteiger partial charge in [-0.25, -0.2) is 0 Å². The Labute approximate surface area is 109 Å². The van der Waals surface area contributed by atoms with Gasteiger partial charge in [-0.05, 0) is 29.7 Å². The minimum Gasteiger partial charge on any atom is -0.271 e. The van der Waals surface area contributed by atoms with Gasteiger partial charge in [0.15, 0.2) is 4.77 Å². The summed E-state index contributed by atoms with van der Waals surface area (Å²) in [6, 6.07) is 8.12. The molecular weight excluding hydrogens is 244 g/mol. The third-order valence-electron chi connectivity index (χ3n) is 2.96. The van der Waals surface area contributed by atoms with Crippen molar-refractivity contribution < 1.29 is 0 Å². The third kappa shape index (κ3) is 1.64. The molecule has 0 unspecified atom stereocenters. The van der Waals surface area contributed by atoms with Gasteiger partial charge in [-0.2, -0.15) is 5.10 Å². The van der Waals surface area contributed by atoms with Crippen molar-refractivity contribution in [2.45, 2.75) is 13.3 Å². The lowest BCUT2D eigenvalue weighted by Gasteiger charge is -2.08. The zero-order valence-corrected chi connectivity index (χ0v) is 10.7. The highest BCUT2D eigenvalue weighted by atomic mass is 32.1. The molecule has 0 bridgehead atoms. The van der Waals surface area contributed by atoms with Crippen LogP contribution in [-0.4, -0.2) is 19.7 Å². The van der Waals surface area contributed by atoms with E-state index < -0.39 is 0 Å². The summed E-state index contributed by atoms with van der Waals surface area (Å²) in [5, 5.41) is 9.31. The van der Waals surface area contributed by atoms with E-state index in [2.05, 4.69) is 28.2 Å². The number of nitrogens with one attached hydrogen (secondary N) is 1. The van der Waals surface area contributed by atoms with Gasteiger partial charge in [-0.15, -0.1) is 0 Å². The molecule has 0 aliphatic rings. The molecule has 3 rings (SSSR count). The summed E-state index contributed by atoms with van der Waals surface area (Å²) in [5.74, 6) is 0.927. The average molecular weight is 256 g/mol.